The first kappa shape index (κ1) is 38.2. The third kappa shape index (κ3) is 14.5. The molecule has 1 aromatic rings. The fraction of sp³-hybridized carbons (Fsp3) is 0.519. The van der Waals surface area contributed by atoms with Crippen LogP contribution in [0.25, 0.3) is 0 Å². The van der Waals surface area contributed by atoms with Gasteiger partial charge in [0.1, 0.15) is 24.2 Å². The summed E-state index contributed by atoms with van der Waals surface area (Å²) in [7, 11) is 0. The minimum Gasteiger partial charge on any atom is -0.481 e. The van der Waals surface area contributed by atoms with Gasteiger partial charge in [0.05, 0.1) is 12.7 Å². The van der Waals surface area contributed by atoms with E-state index in [1.165, 1.54) is 0 Å². The first-order chi connectivity index (χ1) is 21.2. The smallest absolute Gasteiger partial charge is 0.328 e. The van der Waals surface area contributed by atoms with E-state index >= 15 is 0 Å². The summed E-state index contributed by atoms with van der Waals surface area (Å²) < 4.78 is 0. The highest BCUT2D eigenvalue weighted by atomic mass is 16.4. The minimum absolute atomic E-state index is 0.0614. The maximum atomic E-state index is 13.6. The Kier molecular flexibility index (Phi) is 16.5. The predicted octanol–water partition coefficient (Wildman–Crippen LogP) is -4.13. The van der Waals surface area contributed by atoms with Crippen molar-refractivity contribution in [1.82, 2.24) is 21.3 Å². The molecule has 0 saturated heterocycles. The molecule has 0 aromatic heterocycles. The average molecular weight is 639 g/mol. The molecule has 0 saturated carbocycles. The maximum Gasteiger partial charge on any atom is 0.328 e. The summed E-state index contributed by atoms with van der Waals surface area (Å²) in [5.41, 5.74) is 16.7. The molecule has 6 atom stereocenters. The van der Waals surface area contributed by atoms with Gasteiger partial charge in [0.15, 0.2) is 12.0 Å². The van der Waals surface area contributed by atoms with E-state index in [1.54, 1.807) is 30.3 Å². The molecule has 0 bridgehead atoms. The Morgan fingerprint density at radius 2 is 1.36 bits per heavy atom. The number of aliphatic hydroxyl groups is 2. The lowest BCUT2D eigenvalue weighted by Gasteiger charge is -2.27. The molecule has 0 aliphatic rings. The Balaban J connectivity index is 3.33. The summed E-state index contributed by atoms with van der Waals surface area (Å²) >= 11 is 0. The van der Waals surface area contributed by atoms with Gasteiger partial charge in [-0.3, -0.25) is 29.0 Å². The van der Waals surface area contributed by atoms with E-state index in [-0.39, 0.29) is 38.2 Å². The third-order valence-corrected chi connectivity index (χ3v) is 6.35. The van der Waals surface area contributed by atoms with Crippen molar-refractivity contribution in [2.24, 2.45) is 22.2 Å². The fourth-order valence-corrected chi connectivity index (χ4v) is 3.92. The number of aliphatic hydroxyl groups excluding tert-OH is 2. The summed E-state index contributed by atoms with van der Waals surface area (Å²) in [5.74, 6) is -6.71. The Bertz CT molecular complexity index is 1190. The van der Waals surface area contributed by atoms with Crippen LogP contribution in [0.1, 0.15) is 38.2 Å². The van der Waals surface area contributed by atoms with Crippen LogP contribution in [-0.2, 0) is 35.2 Å². The van der Waals surface area contributed by atoms with Crippen molar-refractivity contribution in [2.75, 3.05) is 13.2 Å². The Morgan fingerprint density at radius 1 is 0.822 bits per heavy atom. The van der Waals surface area contributed by atoms with Crippen LogP contribution in [0.2, 0.25) is 0 Å². The summed E-state index contributed by atoms with van der Waals surface area (Å²) in [6.07, 6.45) is -2.42. The van der Waals surface area contributed by atoms with Crippen molar-refractivity contribution >= 4 is 41.5 Å². The van der Waals surface area contributed by atoms with E-state index in [0.29, 0.717) is 5.56 Å². The van der Waals surface area contributed by atoms with Crippen LogP contribution in [0.3, 0.4) is 0 Å². The molecule has 45 heavy (non-hydrogen) atoms. The molecule has 0 aliphatic heterocycles. The third-order valence-electron chi connectivity index (χ3n) is 6.35. The zero-order valence-electron chi connectivity index (χ0n) is 24.7. The number of hydrogen-bond donors (Lipinski definition) is 11. The number of hydrogen-bond acceptors (Lipinski definition) is 10. The largest absolute Gasteiger partial charge is 0.481 e. The molecule has 0 heterocycles. The highest BCUT2D eigenvalue weighted by Crippen LogP contribution is 2.08. The van der Waals surface area contributed by atoms with E-state index in [0.717, 1.165) is 6.92 Å². The van der Waals surface area contributed by atoms with Gasteiger partial charge in [0.25, 0.3) is 0 Å². The Morgan fingerprint density at radius 3 is 1.89 bits per heavy atom. The number of nitrogens with two attached hydrogens (primary N) is 3. The zero-order chi connectivity index (χ0) is 34.1. The molecular weight excluding hydrogens is 596 g/mol. The monoisotopic (exact) mass is 638 g/mol. The number of nitrogens with one attached hydrogen (secondary N) is 4. The lowest BCUT2D eigenvalue weighted by molar-refractivity contribution is -0.145. The van der Waals surface area contributed by atoms with Gasteiger partial charge in [-0.1, -0.05) is 30.3 Å². The SMILES string of the molecule is C[C@@H](O)[C@H](NC(=O)[C@H](CCCN=C(N)N)NC(=O)[C@H](Cc1ccccc1)NC(=O)[C@H](CCC(=O)O)NC(=O)[C@@H](N)CO)C(=O)O. The van der Waals surface area contributed by atoms with Crippen molar-refractivity contribution in [3.8, 4) is 0 Å². The van der Waals surface area contributed by atoms with Gasteiger partial charge < -0.3 is 58.9 Å². The molecule has 4 amide bonds. The number of carboxylic acids is 2. The number of aliphatic carboxylic acids is 2. The molecule has 1 rings (SSSR count). The number of benzene rings is 1. The summed E-state index contributed by atoms with van der Waals surface area (Å²) in [4.78, 5) is 78.8. The number of carboxylic acid groups (broad SMARTS) is 2. The first-order valence-corrected chi connectivity index (χ1v) is 14.0. The highest BCUT2D eigenvalue weighted by molar-refractivity contribution is 5.95. The second kappa shape index (κ2) is 19.5. The molecule has 0 unspecified atom stereocenters. The second-order valence-corrected chi connectivity index (χ2v) is 10.1. The van der Waals surface area contributed by atoms with Crippen molar-refractivity contribution < 1.29 is 49.2 Å². The molecule has 18 nitrogen and oxygen atoms in total. The van der Waals surface area contributed by atoms with Crippen LogP contribution in [0, 0.1) is 0 Å². The van der Waals surface area contributed by atoms with Crippen LogP contribution in [0.4, 0.5) is 0 Å². The number of carbonyl (C=O) groups is 6. The predicted molar refractivity (Wildman–Crippen MR) is 159 cm³/mol. The van der Waals surface area contributed by atoms with Gasteiger partial charge in [-0.05, 0) is 31.7 Å². The highest BCUT2D eigenvalue weighted by Gasteiger charge is 2.33. The van der Waals surface area contributed by atoms with Gasteiger partial charge in [-0.2, -0.15) is 0 Å². The van der Waals surface area contributed by atoms with Gasteiger partial charge in [0.2, 0.25) is 23.6 Å². The number of aliphatic imine (C=N–C) groups is 1. The molecule has 1 aromatic carbocycles. The maximum absolute atomic E-state index is 13.6. The minimum atomic E-state index is -1.70. The van der Waals surface area contributed by atoms with E-state index in [9.17, 15) is 44.1 Å². The topological polar surface area (TPSA) is 322 Å². The van der Waals surface area contributed by atoms with Gasteiger partial charge in [-0.15, -0.1) is 0 Å². The van der Waals surface area contributed by atoms with E-state index in [2.05, 4.69) is 26.3 Å². The van der Waals surface area contributed by atoms with Crippen LogP contribution in [0.5, 0.6) is 0 Å². The van der Waals surface area contributed by atoms with Crippen LogP contribution in [-0.4, -0.2) is 111 Å². The van der Waals surface area contributed by atoms with E-state index < -0.39 is 84.9 Å². The van der Waals surface area contributed by atoms with Crippen LogP contribution < -0.4 is 38.5 Å². The van der Waals surface area contributed by atoms with Crippen LogP contribution >= 0.6 is 0 Å². The summed E-state index contributed by atoms with van der Waals surface area (Å²) in [5, 5.41) is 46.9. The lowest BCUT2D eigenvalue weighted by Crippen LogP contribution is -2.59. The molecule has 18 heteroatoms. The Hall–Kier alpha value is -4.81. The normalized spacial score (nSPS) is 14.8. The standard InChI is InChI=1S/C27H42N8O10/c1-14(37)21(26(44)45)35-24(42)17(8-5-11-31-27(29)30)33-25(43)19(12-15-6-3-2-4-7-15)34-23(41)18(9-10-20(38)39)32-22(40)16(28)13-36/h2-4,6-7,14,16-19,21,36-37H,5,8-13,28H2,1H3,(H,32,40)(H,33,43)(H,34,41)(H,35,42)(H,38,39)(H,44,45)(H4,29,30,31)/t14-,16+,17+,18+,19+,21+/m1/s1. The van der Waals surface area contributed by atoms with Crippen molar-refractivity contribution in [3.05, 3.63) is 35.9 Å². The second-order valence-electron chi connectivity index (χ2n) is 10.1. The van der Waals surface area contributed by atoms with Crippen molar-refractivity contribution in [2.45, 2.75) is 75.3 Å². The van der Waals surface area contributed by atoms with E-state index in [1.807, 2.05) is 0 Å². The van der Waals surface area contributed by atoms with Gasteiger partial charge in [0, 0.05) is 19.4 Å². The van der Waals surface area contributed by atoms with Gasteiger partial charge in [-0.25, -0.2) is 4.79 Å². The zero-order valence-corrected chi connectivity index (χ0v) is 24.7. The molecule has 250 valence electrons. The van der Waals surface area contributed by atoms with Crippen molar-refractivity contribution in [3.63, 3.8) is 0 Å². The number of nitrogens with zero attached hydrogens (tertiary/aromatic N) is 1. The van der Waals surface area contributed by atoms with E-state index in [4.69, 9.17) is 22.3 Å². The molecule has 0 aliphatic carbocycles. The number of amides is 4. The average Bonchev–Trinajstić information content (AvgIpc) is 2.98. The molecule has 0 fully saturated rings. The molecule has 14 N–H and O–H groups in total. The van der Waals surface area contributed by atoms with Crippen LogP contribution in [0.15, 0.2) is 35.3 Å². The lowest BCUT2D eigenvalue weighted by atomic mass is 10.0. The quantitative estimate of drug-likeness (QED) is 0.0368. The fourth-order valence-electron chi connectivity index (χ4n) is 3.92. The van der Waals surface area contributed by atoms with Crippen molar-refractivity contribution in [1.29, 1.82) is 0 Å². The first-order valence-electron chi connectivity index (χ1n) is 14.0. The molecule has 0 spiro atoms. The summed E-state index contributed by atoms with van der Waals surface area (Å²) in [6, 6.07) is 1.10. The summed E-state index contributed by atoms with van der Waals surface area (Å²) in [6.45, 7) is 0.470. The Labute approximate surface area is 258 Å². The number of guanidine groups is 1. The van der Waals surface area contributed by atoms with Gasteiger partial charge >= 0.3 is 11.9 Å². The molecule has 0 radical (unpaired) electrons. The molecular formula is C27H42N8O10. The number of carbonyl (C=O) groups excluding carboxylic acids is 4. The number of rotatable bonds is 20.